The largest absolute Gasteiger partial charge is 0.497 e. The summed E-state index contributed by atoms with van der Waals surface area (Å²) in [4.78, 5) is 27.4. The van der Waals surface area contributed by atoms with Crippen LogP contribution in [0.2, 0.25) is 0 Å². The Morgan fingerprint density at radius 3 is 2.25 bits per heavy atom. The molecule has 3 rings (SSSR count). The average Bonchev–Trinajstić information content (AvgIpc) is 3.12. The summed E-state index contributed by atoms with van der Waals surface area (Å²) in [6.07, 6.45) is 1.31. The van der Waals surface area contributed by atoms with E-state index in [2.05, 4.69) is 23.4 Å². The number of piperidine rings is 1. The molecule has 8 heteroatoms. The summed E-state index contributed by atoms with van der Waals surface area (Å²) in [5, 5.41) is 7.58. The molecule has 1 atom stereocenters. The highest BCUT2D eigenvalue weighted by Crippen LogP contribution is 2.25. The molecule has 2 amide bonds. The van der Waals surface area contributed by atoms with Gasteiger partial charge in [-0.3, -0.25) is 14.3 Å². The normalized spacial score (nSPS) is 15.3. The monoisotopic (exact) mass is 442 g/mol. The summed E-state index contributed by atoms with van der Waals surface area (Å²) in [7, 11) is 3.12. The molecule has 1 aliphatic rings. The SMILES string of the molecule is COc1cc(OC)cc(C(=O)N2CCC(C(=O)NCC(C)Cn3nc(C)cc3C)CC2)c1. The van der Waals surface area contributed by atoms with E-state index in [1.165, 1.54) is 0 Å². The smallest absolute Gasteiger partial charge is 0.254 e. The van der Waals surface area contributed by atoms with Crippen LogP contribution in [0.4, 0.5) is 0 Å². The van der Waals surface area contributed by atoms with Crippen molar-refractivity contribution < 1.29 is 19.1 Å². The maximum absolute atomic E-state index is 12.9. The van der Waals surface area contributed by atoms with Gasteiger partial charge in [0.05, 0.1) is 19.9 Å². The molecule has 0 spiro atoms. The summed E-state index contributed by atoms with van der Waals surface area (Å²) in [6, 6.07) is 7.23. The van der Waals surface area contributed by atoms with Crippen LogP contribution in [-0.4, -0.2) is 60.3 Å². The van der Waals surface area contributed by atoms with Gasteiger partial charge in [-0.1, -0.05) is 6.92 Å². The maximum Gasteiger partial charge on any atom is 0.254 e. The fourth-order valence-corrected chi connectivity index (χ4v) is 4.10. The molecule has 1 fully saturated rings. The molecule has 0 saturated carbocycles. The van der Waals surface area contributed by atoms with E-state index in [1.54, 1.807) is 37.3 Å². The van der Waals surface area contributed by atoms with E-state index in [9.17, 15) is 9.59 Å². The Bertz CT molecular complexity index is 925. The van der Waals surface area contributed by atoms with E-state index >= 15 is 0 Å². The number of nitrogens with one attached hydrogen (secondary N) is 1. The van der Waals surface area contributed by atoms with Gasteiger partial charge in [0, 0.05) is 49.4 Å². The molecule has 2 aromatic rings. The quantitative estimate of drug-likeness (QED) is 0.680. The number of ether oxygens (including phenoxy) is 2. The predicted molar refractivity (Wildman–Crippen MR) is 122 cm³/mol. The Labute approximate surface area is 189 Å². The number of amides is 2. The fraction of sp³-hybridized carbons (Fsp3) is 0.542. The molecular weight excluding hydrogens is 408 g/mol. The third kappa shape index (κ3) is 5.81. The number of hydrogen-bond acceptors (Lipinski definition) is 5. The third-order valence-corrected chi connectivity index (χ3v) is 5.96. The van der Waals surface area contributed by atoms with Crippen LogP contribution in [0.25, 0.3) is 0 Å². The van der Waals surface area contributed by atoms with E-state index in [0.717, 1.165) is 17.9 Å². The lowest BCUT2D eigenvalue weighted by Gasteiger charge is -2.31. The highest BCUT2D eigenvalue weighted by atomic mass is 16.5. The number of aryl methyl sites for hydroxylation is 2. The summed E-state index contributed by atoms with van der Waals surface area (Å²) in [5.41, 5.74) is 2.67. The molecule has 0 radical (unpaired) electrons. The Balaban J connectivity index is 1.48. The topological polar surface area (TPSA) is 85.7 Å². The van der Waals surface area contributed by atoms with Gasteiger partial charge in [0.2, 0.25) is 5.91 Å². The zero-order valence-corrected chi connectivity index (χ0v) is 19.7. The molecule has 2 heterocycles. The minimum absolute atomic E-state index is 0.0696. The second kappa shape index (κ2) is 10.5. The summed E-state index contributed by atoms with van der Waals surface area (Å²) in [6.45, 7) is 8.63. The van der Waals surface area contributed by atoms with Crippen molar-refractivity contribution in [3.63, 3.8) is 0 Å². The van der Waals surface area contributed by atoms with Crippen LogP contribution in [0.15, 0.2) is 24.3 Å². The highest BCUT2D eigenvalue weighted by Gasteiger charge is 2.28. The van der Waals surface area contributed by atoms with Crippen molar-refractivity contribution in [3.05, 3.63) is 41.2 Å². The number of methoxy groups -OCH3 is 2. The number of nitrogens with zero attached hydrogens (tertiary/aromatic N) is 3. The number of rotatable bonds is 8. The zero-order chi connectivity index (χ0) is 23.3. The Hall–Kier alpha value is -3.03. The molecule has 32 heavy (non-hydrogen) atoms. The summed E-state index contributed by atoms with van der Waals surface area (Å²) < 4.78 is 12.5. The van der Waals surface area contributed by atoms with E-state index < -0.39 is 0 Å². The van der Waals surface area contributed by atoms with Crippen LogP contribution >= 0.6 is 0 Å². The lowest BCUT2D eigenvalue weighted by atomic mass is 9.95. The third-order valence-electron chi connectivity index (χ3n) is 5.96. The van der Waals surface area contributed by atoms with Crippen LogP contribution in [0.3, 0.4) is 0 Å². The van der Waals surface area contributed by atoms with Gasteiger partial charge in [-0.15, -0.1) is 0 Å². The molecule has 0 bridgehead atoms. The molecule has 1 unspecified atom stereocenters. The van der Waals surface area contributed by atoms with Crippen molar-refractivity contribution in [3.8, 4) is 11.5 Å². The maximum atomic E-state index is 12.9. The first-order valence-electron chi connectivity index (χ1n) is 11.1. The Morgan fingerprint density at radius 1 is 1.09 bits per heavy atom. The van der Waals surface area contributed by atoms with Crippen molar-refractivity contribution in [1.82, 2.24) is 20.0 Å². The summed E-state index contributed by atoms with van der Waals surface area (Å²) >= 11 is 0. The predicted octanol–water partition coefficient (Wildman–Crippen LogP) is 2.82. The Kier molecular flexibility index (Phi) is 7.77. The van der Waals surface area contributed by atoms with E-state index in [-0.39, 0.29) is 23.7 Å². The van der Waals surface area contributed by atoms with Crippen LogP contribution < -0.4 is 14.8 Å². The van der Waals surface area contributed by atoms with Gasteiger partial charge >= 0.3 is 0 Å². The van der Waals surface area contributed by atoms with Crippen LogP contribution in [0, 0.1) is 25.7 Å². The molecule has 1 aliphatic heterocycles. The van der Waals surface area contributed by atoms with Crippen LogP contribution in [-0.2, 0) is 11.3 Å². The molecule has 1 saturated heterocycles. The zero-order valence-electron chi connectivity index (χ0n) is 19.7. The van der Waals surface area contributed by atoms with Crippen LogP contribution in [0.5, 0.6) is 11.5 Å². The lowest BCUT2D eigenvalue weighted by molar-refractivity contribution is -0.126. The van der Waals surface area contributed by atoms with Crippen molar-refractivity contribution in [2.24, 2.45) is 11.8 Å². The fourth-order valence-electron chi connectivity index (χ4n) is 4.10. The molecule has 174 valence electrons. The van der Waals surface area contributed by atoms with Gasteiger partial charge in [-0.25, -0.2) is 0 Å². The number of hydrogen-bond donors (Lipinski definition) is 1. The van der Waals surface area contributed by atoms with E-state index in [4.69, 9.17) is 9.47 Å². The number of benzene rings is 1. The molecular formula is C24H34N4O4. The average molecular weight is 443 g/mol. The molecule has 8 nitrogen and oxygen atoms in total. The van der Waals surface area contributed by atoms with Crippen molar-refractivity contribution in [2.75, 3.05) is 33.9 Å². The van der Waals surface area contributed by atoms with Crippen molar-refractivity contribution in [1.29, 1.82) is 0 Å². The van der Waals surface area contributed by atoms with Gasteiger partial charge in [0.15, 0.2) is 0 Å². The highest BCUT2D eigenvalue weighted by molar-refractivity contribution is 5.95. The minimum Gasteiger partial charge on any atom is -0.497 e. The lowest BCUT2D eigenvalue weighted by Crippen LogP contribution is -2.43. The standard InChI is InChI=1S/C24H34N4O4/c1-16(15-28-18(3)10-17(2)26-28)14-25-23(29)19-6-8-27(9-7-19)24(30)20-11-21(31-4)13-22(12-20)32-5/h10-13,16,19H,6-9,14-15H2,1-5H3,(H,25,29). The van der Waals surface area contributed by atoms with E-state index in [0.29, 0.717) is 49.5 Å². The number of likely N-dealkylation sites (tertiary alicyclic amines) is 1. The second-order valence-corrected chi connectivity index (χ2v) is 8.63. The van der Waals surface area contributed by atoms with Crippen molar-refractivity contribution >= 4 is 11.8 Å². The minimum atomic E-state index is -0.0698. The van der Waals surface area contributed by atoms with Gasteiger partial charge in [-0.2, -0.15) is 5.10 Å². The number of carbonyl (C=O) groups excluding carboxylic acids is 2. The van der Waals surface area contributed by atoms with Gasteiger partial charge < -0.3 is 19.7 Å². The second-order valence-electron chi connectivity index (χ2n) is 8.63. The first-order valence-corrected chi connectivity index (χ1v) is 11.1. The van der Waals surface area contributed by atoms with Crippen molar-refractivity contribution in [2.45, 2.75) is 40.2 Å². The van der Waals surface area contributed by atoms with Crippen LogP contribution in [0.1, 0.15) is 41.5 Å². The molecule has 1 aromatic heterocycles. The van der Waals surface area contributed by atoms with Gasteiger partial charge in [0.25, 0.3) is 5.91 Å². The van der Waals surface area contributed by atoms with Gasteiger partial charge in [-0.05, 0) is 50.8 Å². The first-order chi connectivity index (χ1) is 15.3. The first kappa shape index (κ1) is 23.6. The molecule has 0 aliphatic carbocycles. The summed E-state index contributed by atoms with van der Waals surface area (Å²) in [5.74, 6) is 1.37. The number of carbonyl (C=O) groups is 2. The molecule has 1 N–H and O–H groups in total. The Morgan fingerprint density at radius 2 is 1.72 bits per heavy atom. The number of aromatic nitrogens is 2. The van der Waals surface area contributed by atoms with E-state index in [1.807, 2.05) is 18.5 Å². The van der Waals surface area contributed by atoms with Gasteiger partial charge in [0.1, 0.15) is 11.5 Å². The molecule has 1 aromatic carbocycles.